The van der Waals surface area contributed by atoms with Crippen LogP contribution < -0.4 is 5.32 Å². The van der Waals surface area contributed by atoms with E-state index in [1.807, 2.05) is 6.07 Å². The minimum absolute atomic E-state index is 0.0360. The number of hydrogen-bond donors (Lipinski definition) is 1. The number of nitrogens with one attached hydrogen (secondary N) is 1. The predicted molar refractivity (Wildman–Crippen MR) is 138 cm³/mol. The molecule has 0 atom stereocenters. The Labute approximate surface area is 248 Å². The Balaban J connectivity index is 1.74. The van der Waals surface area contributed by atoms with Crippen molar-refractivity contribution in [2.45, 2.75) is 37.9 Å². The van der Waals surface area contributed by atoms with E-state index >= 15 is 0 Å². The van der Waals surface area contributed by atoms with Crippen LogP contribution in [0.3, 0.4) is 0 Å². The predicted octanol–water partition coefficient (Wildman–Crippen LogP) is 4.82. The van der Waals surface area contributed by atoms with Crippen LogP contribution in [-0.4, -0.2) is 60.6 Å². The third kappa shape index (κ3) is 5.84. The third-order valence-corrected chi connectivity index (χ3v) is 6.63. The summed E-state index contributed by atoms with van der Waals surface area (Å²) in [6.45, 7) is 0.992. The van der Waals surface area contributed by atoms with Crippen LogP contribution >= 0.6 is 11.6 Å². The number of rotatable bonds is 9. The van der Waals surface area contributed by atoms with E-state index in [1.54, 1.807) is 6.92 Å². The van der Waals surface area contributed by atoms with Gasteiger partial charge in [-0.05, 0) is 48.4 Å². The van der Waals surface area contributed by atoms with Gasteiger partial charge in [0.2, 0.25) is 0 Å². The number of alkyl halides is 7. The van der Waals surface area contributed by atoms with Crippen molar-refractivity contribution in [1.29, 1.82) is 5.26 Å². The second kappa shape index (κ2) is 11.7. The van der Waals surface area contributed by atoms with Crippen LogP contribution in [0.15, 0.2) is 42.7 Å². The Morgan fingerprint density at radius 2 is 1.82 bits per heavy atom. The summed E-state index contributed by atoms with van der Waals surface area (Å²) in [5.41, 5.74) is -1.24. The number of pyridine rings is 1. The first-order chi connectivity index (χ1) is 20.5. The molecule has 10 nitrogen and oxygen atoms in total. The van der Waals surface area contributed by atoms with Crippen molar-refractivity contribution in [3.63, 3.8) is 0 Å². The highest BCUT2D eigenvalue weighted by Gasteiger charge is 2.74. The number of benzene rings is 1. The average molecular weight is 643 g/mol. The lowest BCUT2D eigenvalue weighted by Gasteiger charge is -2.26. The molecule has 0 unspecified atom stereocenters. The zero-order valence-corrected chi connectivity index (χ0v) is 23.2. The largest absolute Gasteiger partial charge is 0.460 e. The molecule has 1 aromatic carbocycles. The third-order valence-electron chi connectivity index (χ3n) is 6.33. The highest BCUT2D eigenvalue weighted by Crippen LogP contribution is 2.51. The first-order valence-corrected chi connectivity index (χ1v) is 12.6. The van der Waals surface area contributed by atoms with Crippen LogP contribution in [0.1, 0.15) is 48.9 Å². The van der Waals surface area contributed by atoms with Crippen LogP contribution in [0.5, 0.6) is 0 Å². The molecule has 230 valence electrons. The van der Waals surface area contributed by atoms with E-state index in [2.05, 4.69) is 25.7 Å². The van der Waals surface area contributed by atoms with Gasteiger partial charge in [-0.2, -0.15) is 41.1 Å². The number of amides is 1. The number of aryl methyl sites for hydroxylation is 1. The molecule has 0 fully saturated rings. The molecule has 0 aliphatic rings. The lowest BCUT2D eigenvalue weighted by atomic mass is 9.93. The number of aromatic nitrogens is 6. The quantitative estimate of drug-likeness (QED) is 0.205. The summed E-state index contributed by atoms with van der Waals surface area (Å²) in [5.74, 6) is -13.4. The van der Waals surface area contributed by atoms with Gasteiger partial charge in [0.05, 0.1) is 35.1 Å². The van der Waals surface area contributed by atoms with Gasteiger partial charge in [0, 0.05) is 25.2 Å². The zero-order valence-electron chi connectivity index (χ0n) is 22.4. The van der Waals surface area contributed by atoms with Gasteiger partial charge in [-0.1, -0.05) is 16.8 Å². The van der Waals surface area contributed by atoms with Crippen molar-refractivity contribution in [3.8, 4) is 11.9 Å². The van der Waals surface area contributed by atoms with Crippen molar-refractivity contribution in [1.82, 2.24) is 35.1 Å². The topological polar surface area (TPSA) is 131 Å². The zero-order chi connectivity index (χ0) is 32.6. The summed E-state index contributed by atoms with van der Waals surface area (Å²) in [6.07, 6.45) is -5.43. The molecule has 0 aliphatic heterocycles. The van der Waals surface area contributed by atoms with E-state index in [9.17, 15) is 45.6 Å². The van der Waals surface area contributed by atoms with Crippen molar-refractivity contribution in [3.05, 3.63) is 87.1 Å². The Bertz CT molecular complexity index is 1790. The molecule has 0 saturated heterocycles. The molecule has 3 aromatic heterocycles. The molecule has 44 heavy (non-hydrogen) atoms. The van der Waals surface area contributed by atoms with Crippen molar-refractivity contribution >= 4 is 23.3 Å². The van der Waals surface area contributed by atoms with Gasteiger partial charge in [-0.15, -0.1) is 5.10 Å². The van der Waals surface area contributed by atoms with Crippen LogP contribution in [0.2, 0.25) is 5.02 Å². The van der Waals surface area contributed by atoms with E-state index < -0.39 is 42.0 Å². The Hall–Kier alpha value is -4.85. The molecule has 3 heterocycles. The summed E-state index contributed by atoms with van der Waals surface area (Å²) in [5, 5.41) is 22.0. The van der Waals surface area contributed by atoms with Crippen LogP contribution in [0, 0.1) is 18.3 Å². The van der Waals surface area contributed by atoms with Gasteiger partial charge in [-0.3, -0.25) is 9.59 Å². The van der Waals surface area contributed by atoms with Gasteiger partial charge in [0.25, 0.3) is 5.91 Å². The van der Waals surface area contributed by atoms with Crippen molar-refractivity contribution < 1.29 is 40.3 Å². The number of carbonyl (C=O) groups is 2. The molecule has 0 spiro atoms. The van der Waals surface area contributed by atoms with Crippen LogP contribution in [0.4, 0.5) is 30.7 Å². The second-order valence-electron chi connectivity index (χ2n) is 9.30. The summed E-state index contributed by atoms with van der Waals surface area (Å²) >= 11 is 6.25. The normalized spacial score (nSPS) is 12.2. The van der Waals surface area contributed by atoms with Crippen molar-refractivity contribution in [2.75, 3.05) is 7.05 Å². The fraction of sp³-hybridized carbons (Fsp3) is 0.269. The fourth-order valence-corrected chi connectivity index (χ4v) is 4.33. The summed E-state index contributed by atoms with van der Waals surface area (Å²) < 4.78 is 94.6. The molecule has 0 radical (unpaired) electrons. The van der Waals surface area contributed by atoms with E-state index in [-0.39, 0.29) is 51.5 Å². The average Bonchev–Trinajstić information content (AvgIpc) is 3.61. The Morgan fingerprint density at radius 3 is 2.43 bits per heavy atom. The number of hydrogen-bond acceptors (Lipinski definition) is 7. The first-order valence-electron chi connectivity index (χ1n) is 12.2. The highest BCUT2D eigenvalue weighted by atomic mass is 35.5. The molecule has 1 N–H and O–H groups in total. The molecule has 0 bridgehead atoms. The summed E-state index contributed by atoms with van der Waals surface area (Å²) in [4.78, 5) is 30.3. The lowest BCUT2D eigenvalue weighted by Crippen LogP contribution is -2.50. The fourth-order valence-electron chi connectivity index (χ4n) is 4.13. The number of nitriles is 1. The molecular weight excluding hydrogens is 625 g/mol. The number of Topliss-reactive ketones (excluding diaryl/α,β-unsaturated/α-hetero) is 1. The monoisotopic (exact) mass is 642 g/mol. The lowest BCUT2D eigenvalue weighted by molar-refractivity contribution is -0.360. The maximum atomic E-state index is 14.1. The standard InChI is InChI=1S/C26H18ClF7N8O2/c1-13-6-14(10-35)7-17(23(44)36-2)16(13)9-20(43)19-8-15(39-42(19)22-18(27)4-3-5-37-22)11-41-12-21(38-40-41)24(28,29)25(30,31)26(32,33)34/h3-8,12H,9,11H2,1-2H3,(H,36,44). The molecule has 4 rings (SSSR count). The van der Waals surface area contributed by atoms with Gasteiger partial charge in [-0.25, -0.2) is 14.3 Å². The highest BCUT2D eigenvalue weighted by molar-refractivity contribution is 6.32. The van der Waals surface area contributed by atoms with Crippen LogP contribution in [0.25, 0.3) is 5.82 Å². The number of halogens is 8. The SMILES string of the molecule is CNC(=O)c1cc(C#N)cc(C)c1CC(=O)c1cc(Cn2cc(C(F)(F)C(F)(F)C(F)(F)F)nn2)nn1-c1ncccc1Cl. The molecule has 4 aromatic rings. The molecule has 0 saturated carbocycles. The minimum atomic E-state index is -6.57. The smallest absolute Gasteiger partial charge is 0.355 e. The molecular formula is C26H18ClF7N8O2. The summed E-state index contributed by atoms with van der Waals surface area (Å²) in [6, 6.07) is 8.82. The number of carbonyl (C=O) groups excluding carboxylic acids is 2. The van der Waals surface area contributed by atoms with Crippen LogP contribution in [-0.2, 0) is 18.9 Å². The maximum Gasteiger partial charge on any atom is 0.460 e. The number of ketones is 1. The first kappa shape index (κ1) is 32.1. The summed E-state index contributed by atoms with van der Waals surface area (Å²) in [7, 11) is 1.36. The van der Waals surface area contributed by atoms with Gasteiger partial charge in [0.1, 0.15) is 5.69 Å². The maximum absolute atomic E-state index is 14.1. The second-order valence-corrected chi connectivity index (χ2v) is 9.71. The molecule has 1 amide bonds. The van der Waals surface area contributed by atoms with E-state index in [1.165, 1.54) is 43.6 Å². The Morgan fingerprint density at radius 1 is 1.11 bits per heavy atom. The molecule has 0 aliphatic carbocycles. The molecule has 18 heteroatoms. The van der Waals surface area contributed by atoms with E-state index in [0.29, 0.717) is 10.2 Å². The van der Waals surface area contributed by atoms with Gasteiger partial charge >= 0.3 is 18.0 Å². The van der Waals surface area contributed by atoms with Gasteiger partial charge < -0.3 is 5.32 Å². The minimum Gasteiger partial charge on any atom is -0.355 e. The Kier molecular flexibility index (Phi) is 8.51. The number of nitrogens with zero attached hydrogens (tertiary/aromatic N) is 7. The van der Waals surface area contributed by atoms with E-state index in [4.69, 9.17) is 11.6 Å². The van der Waals surface area contributed by atoms with E-state index in [0.717, 1.165) is 4.68 Å². The van der Waals surface area contributed by atoms with Crippen molar-refractivity contribution in [2.24, 2.45) is 0 Å². The van der Waals surface area contributed by atoms with Gasteiger partial charge in [0.15, 0.2) is 17.3 Å².